The number of nitrogens with zero attached hydrogens (tertiary/aromatic N) is 2. The van der Waals surface area contributed by atoms with Crippen LogP contribution in [0.3, 0.4) is 0 Å². The van der Waals surface area contributed by atoms with Gasteiger partial charge in [-0.05, 0) is 56.6 Å². The second-order valence-corrected chi connectivity index (χ2v) is 7.02. The van der Waals surface area contributed by atoms with Crippen LogP contribution in [-0.4, -0.2) is 36.1 Å². The number of thiazole rings is 1. The predicted octanol–water partition coefficient (Wildman–Crippen LogP) is 2.03. The molecule has 1 aliphatic heterocycles. The third kappa shape index (κ3) is 3.20. The number of nitrogens with one attached hydrogen (secondary N) is 1. The first-order valence-electron chi connectivity index (χ1n) is 7.63. The highest BCUT2D eigenvalue weighted by Gasteiger charge is 2.19. The minimum absolute atomic E-state index is 0.120. The van der Waals surface area contributed by atoms with Crippen molar-refractivity contribution in [3.63, 3.8) is 0 Å². The molecule has 114 valence electrons. The molecule has 1 fully saturated rings. The molecule has 0 saturated carbocycles. The van der Waals surface area contributed by atoms with E-state index in [4.69, 9.17) is 0 Å². The summed E-state index contributed by atoms with van der Waals surface area (Å²) in [6.45, 7) is 4.45. The smallest absolute Gasteiger partial charge is 0.307 e. The molecule has 3 rings (SSSR count). The molecule has 4 nitrogen and oxygen atoms in total. The fourth-order valence-corrected chi connectivity index (χ4v) is 4.23. The quantitative estimate of drug-likeness (QED) is 0.939. The Bertz CT molecular complexity index is 674. The number of hydrogen-bond acceptors (Lipinski definition) is 4. The van der Waals surface area contributed by atoms with E-state index in [0.717, 1.165) is 29.2 Å². The van der Waals surface area contributed by atoms with E-state index >= 15 is 0 Å². The number of rotatable bonds is 4. The van der Waals surface area contributed by atoms with E-state index in [2.05, 4.69) is 28.4 Å². The first kappa shape index (κ1) is 14.8. The summed E-state index contributed by atoms with van der Waals surface area (Å²) in [6, 6.07) is 6.43. The molecule has 1 aromatic heterocycles. The van der Waals surface area contributed by atoms with Crippen LogP contribution in [0.1, 0.15) is 18.4 Å². The first-order chi connectivity index (χ1) is 10.2. The number of piperidine rings is 1. The third-order valence-corrected chi connectivity index (χ3v) is 5.35. The van der Waals surface area contributed by atoms with Gasteiger partial charge in [-0.15, -0.1) is 0 Å². The topological polar surface area (TPSA) is 37.3 Å². The minimum Gasteiger partial charge on any atom is -0.319 e. The second kappa shape index (κ2) is 6.30. The average Bonchev–Trinajstić information content (AvgIpc) is 2.74. The van der Waals surface area contributed by atoms with E-state index in [9.17, 15) is 4.79 Å². The van der Waals surface area contributed by atoms with E-state index in [1.165, 1.54) is 42.8 Å². The number of likely N-dealkylation sites (tertiary alicyclic amines) is 1. The summed E-state index contributed by atoms with van der Waals surface area (Å²) < 4.78 is 2.83. The maximum absolute atomic E-state index is 11.7. The fraction of sp³-hybridized carbons (Fsp3) is 0.562. The van der Waals surface area contributed by atoms with E-state index in [-0.39, 0.29) is 4.87 Å². The summed E-state index contributed by atoms with van der Waals surface area (Å²) in [6.07, 6.45) is 2.62. The predicted molar refractivity (Wildman–Crippen MR) is 89.0 cm³/mol. The van der Waals surface area contributed by atoms with Crippen molar-refractivity contribution in [3.8, 4) is 0 Å². The largest absolute Gasteiger partial charge is 0.319 e. The van der Waals surface area contributed by atoms with Gasteiger partial charge in [0.05, 0.1) is 10.2 Å². The Balaban J connectivity index is 1.74. The molecule has 5 heteroatoms. The van der Waals surface area contributed by atoms with Gasteiger partial charge in [-0.3, -0.25) is 9.69 Å². The zero-order valence-corrected chi connectivity index (χ0v) is 13.6. The highest BCUT2D eigenvalue weighted by Crippen LogP contribution is 2.22. The van der Waals surface area contributed by atoms with Gasteiger partial charge < -0.3 is 9.88 Å². The van der Waals surface area contributed by atoms with Crippen LogP contribution in [0.25, 0.3) is 10.2 Å². The van der Waals surface area contributed by atoms with Gasteiger partial charge >= 0.3 is 4.87 Å². The van der Waals surface area contributed by atoms with Gasteiger partial charge in [0, 0.05) is 20.1 Å². The standard InChI is InChI=1S/C16H23N3OS/c1-17-9-13-4-3-7-19(11-13)10-12-5-6-14-15(8-12)21-16(20)18(14)2/h5-6,8,13,17H,3-4,7,9-11H2,1-2H3. The zero-order chi connectivity index (χ0) is 14.8. The zero-order valence-electron chi connectivity index (χ0n) is 12.8. The Hall–Kier alpha value is -1.17. The van der Waals surface area contributed by atoms with Crippen molar-refractivity contribution < 1.29 is 0 Å². The SMILES string of the molecule is CNCC1CCCN(Cc2ccc3c(c2)sc(=O)n3C)C1. The summed E-state index contributed by atoms with van der Waals surface area (Å²) in [5.74, 6) is 0.764. The lowest BCUT2D eigenvalue weighted by atomic mass is 9.97. The second-order valence-electron chi connectivity index (χ2n) is 6.03. The maximum Gasteiger partial charge on any atom is 0.307 e. The van der Waals surface area contributed by atoms with Crippen LogP contribution in [0.15, 0.2) is 23.0 Å². The molecular weight excluding hydrogens is 282 g/mol. The van der Waals surface area contributed by atoms with E-state index in [1.807, 2.05) is 14.1 Å². The van der Waals surface area contributed by atoms with E-state index < -0.39 is 0 Å². The lowest BCUT2D eigenvalue weighted by molar-refractivity contribution is 0.167. The van der Waals surface area contributed by atoms with Crippen LogP contribution >= 0.6 is 11.3 Å². The number of benzene rings is 1. The van der Waals surface area contributed by atoms with Crippen LogP contribution in [0.2, 0.25) is 0 Å². The van der Waals surface area contributed by atoms with Crippen LogP contribution in [0.5, 0.6) is 0 Å². The van der Waals surface area contributed by atoms with Crippen molar-refractivity contribution in [2.24, 2.45) is 13.0 Å². The van der Waals surface area contributed by atoms with Crippen molar-refractivity contribution in [3.05, 3.63) is 33.4 Å². The molecule has 0 amide bonds. The summed E-state index contributed by atoms with van der Waals surface area (Å²) >= 11 is 1.34. The molecule has 0 spiro atoms. The first-order valence-corrected chi connectivity index (χ1v) is 8.44. The van der Waals surface area contributed by atoms with Crippen LogP contribution < -0.4 is 10.2 Å². The molecule has 0 aliphatic carbocycles. The summed E-state index contributed by atoms with van der Waals surface area (Å²) in [5, 5.41) is 3.29. The van der Waals surface area contributed by atoms with Gasteiger partial charge in [-0.1, -0.05) is 17.4 Å². The van der Waals surface area contributed by atoms with Gasteiger partial charge in [0.2, 0.25) is 0 Å². The van der Waals surface area contributed by atoms with Crippen molar-refractivity contribution in [2.75, 3.05) is 26.7 Å². The van der Waals surface area contributed by atoms with Gasteiger partial charge in [-0.25, -0.2) is 0 Å². The highest BCUT2D eigenvalue weighted by atomic mass is 32.1. The molecule has 2 heterocycles. The monoisotopic (exact) mass is 305 g/mol. The molecule has 1 atom stereocenters. The molecular formula is C16H23N3OS. The molecule has 2 aromatic rings. The fourth-order valence-electron chi connectivity index (χ4n) is 3.28. The summed E-state index contributed by atoms with van der Waals surface area (Å²) in [5.41, 5.74) is 2.36. The minimum atomic E-state index is 0.120. The van der Waals surface area contributed by atoms with Crippen LogP contribution in [0, 0.1) is 5.92 Å². The lowest BCUT2D eigenvalue weighted by Gasteiger charge is -2.32. The molecule has 1 aliphatic rings. The molecule has 1 saturated heterocycles. The Morgan fingerprint density at radius 2 is 2.29 bits per heavy atom. The summed E-state index contributed by atoms with van der Waals surface area (Å²) in [7, 11) is 3.87. The van der Waals surface area contributed by atoms with Gasteiger partial charge in [-0.2, -0.15) is 0 Å². The van der Waals surface area contributed by atoms with Crippen LogP contribution in [0.4, 0.5) is 0 Å². The van der Waals surface area contributed by atoms with Gasteiger partial charge in [0.15, 0.2) is 0 Å². The Kier molecular flexibility index (Phi) is 4.42. The highest BCUT2D eigenvalue weighted by molar-refractivity contribution is 7.16. The Morgan fingerprint density at radius 1 is 1.43 bits per heavy atom. The van der Waals surface area contributed by atoms with Crippen LogP contribution in [-0.2, 0) is 13.6 Å². The molecule has 0 bridgehead atoms. The van der Waals surface area contributed by atoms with E-state index in [1.54, 1.807) is 4.57 Å². The molecule has 1 unspecified atom stereocenters. The van der Waals surface area contributed by atoms with Crippen molar-refractivity contribution in [1.82, 2.24) is 14.8 Å². The lowest BCUT2D eigenvalue weighted by Crippen LogP contribution is -2.38. The molecule has 1 aromatic carbocycles. The molecule has 1 N–H and O–H groups in total. The average molecular weight is 305 g/mol. The third-order valence-electron chi connectivity index (χ3n) is 4.36. The number of aryl methyl sites for hydroxylation is 1. The van der Waals surface area contributed by atoms with Crippen molar-refractivity contribution in [1.29, 1.82) is 0 Å². The normalized spacial score (nSPS) is 20.2. The number of aromatic nitrogens is 1. The van der Waals surface area contributed by atoms with Gasteiger partial charge in [0.25, 0.3) is 0 Å². The number of hydrogen-bond donors (Lipinski definition) is 1. The van der Waals surface area contributed by atoms with Crippen molar-refractivity contribution in [2.45, 2.75) is 19.4 Å². The van der Waals surface area contributed by atoms with Crippen molar-refractivity contribution >= 4 is 21.6 Å². The molecule has 0 radical (unpaired) electrons. The van der Waals surface area contributed by atoms with Gasteiger partial charge in [0.1, 0.15) is 0 Å². The number of fused-ring (bicyclic) bond motifs is 1. The maximum atomic E-state index is 11.7. The van der Waals surface area contributed by atoms with E-state index in [0.29, 0.717) is 0 Å². The Labute approximate surface area is 129 Å². The Morgan fingerprint density at radius 3 is 3.10 bits per heavy atom. The summed E-state index contributed by atoms with van der Waals surface area (Å²) in [4.78, 5) is 14.4. The molecule has 21 heavy (non-hydrogen) atoms.